The molecular weight excluding hydrogens is 204 g/mol. The fraction of sp³-hybridized carbons (Fsp3) is 0.833. The van der Waals surface area contributed by atoms with Gasteiger partial charge in [-0.05, 0) is 19.8 Å². The van der Waals surface area contributed by atoms with Crippen molar-refractivity contribution >= 4 is 11.8 Å². The van der Waals surface area contributed by atoms with Crippen LogP contribution in [0.2, 0.25) is 0 Å². The van der Waals surface area contributed by atoms with E-state index in [1.54, 1.807) is 11.8 Å². The number of nitrogens with one attached hydrogen (secondary N) is 1. The van der Waals surface area contributed by atoms with Crippen molar-refractivity contribution in [1.29, 1.82) is 0 Å². The molecule has 0 aliphatic heterocycles. The Morgan fingerprint density at radius 3 is 2.12 bits per heavy atom. The summed E-state index contributed by atoms with van der Waals surface area (Å²) in [5.74, 6) is 0.476. The normalized spacial score (nSPS) is 10.7. The number of carbonyl (C=O) groups excluding carboxylic acids is 2. The van der Waals surface area contributed by atoms with E-state index in [0.29, 0.717) is 25.4 Å². The Hall–Kier alpha value is -1.06. The first kappa shape index (κ1) is 14.9. The van der Waals surface area contributed by atoms with Crippen molar-refractivity contribution in [2.45, 2.75) is 47.1 Å². The van der Waals surface area contributed by atoms with Crippen molar-refractivity contribution < 1.29 is 9.59 Å². The fourth-order valence-electron chi connectivity index (χ4n) is 1.54. The van der Waals surface area contributed by atoms with Crippen molar-refractivity contribution in [1.82, 2.24) is 10.2 Å². The standard InChI is InChI=1S/C12H24N2O2/c1-9(2)8-12(16)13-6-7-14(10(3)4)11(5)15/h9-10H,6-8H2,1-5H3,(H,13,16). The fourth-order valence-corrected chi connectivity index (χ4v) is 1.54. The SMILES string of the molecule is CC(=O)N(CCNC(=O)CC(C)C)C(C)C. The van der Waals surface area contributed by atoms with E-state index in [-0.39, 0.29) is 17.9 Å². The number of nitrogens with zero attached hydrogens (tertiary/aromatic N) is 1. The zero-order valence-electron chi connectivity index (χ0n) is 11.0. The molecule has 0 heterocycles. The van der Waals surface area contributed by atoms with Crippen LogP contribution in [-0.2, 0) is 9.59 Å². The molecule has 0 saturated heterocycles. The monoisotopic (exact) mass is 228 g/mol. The third-order valence-corrected chi connectivity index (χ3v) is 2.30. The molecule has 0 rings (SSSR count). The molecule has 0 atom stereocenters. The van der Waals surface area contributed by atoms with E-state index >= 15 is 0 Å². The van der Waals surface area contributed by atoms with E-state index < -0.39 is 0 Å². The molecule has 16 heavy (non-hydrogen) atoms. The summed E-state index contributed by atoms with van der Waals surface area (Å²) in [4.78, 5) is 24.4. The van der Waals surface area contributed by atoms with E-state index in [1.165, 1.54) is 0 Å². The van der Waals surface area contributed by atoms with E-state index in [9.17, 15) is 9.59 Å². The summed E-state index contributed by atoms with van der Waals surface area (Å²) < 4.78 is 0. The first-order chi connectivity index (χ1) is 7.34. The molecule has 0 aromatic carbocycles. The smallest absolute Gasteiger partial charge is 0.220 e. The van der Waals surface area contributed by atoms with Crippen molar-refractivity contribution in [2.24, 2.45) is 5.92 Å². The van der Waals surface area contributed by atoms with Gasteiger partial charge in [-0.3, -0.25) is 9.59 Å². The second-order valence-corrected chi connectivity index (χ2v) is 4.75. The Balaban J connectivity index is 3.87. The van der Waals surface area contributed by atoms with Gasteiger partial charge < -0.3 is 10.2 Å². The highest BCUT2D eigenvalue weighted by Crippen LogP contribution is 1.99. The highest BCUT2D eigenvalue weighted by Gasteiger charge is 2.12. The number of carbonyl (C=O) groups is 2. The molecule has 2 amide bonds. The average Bonchev–Trinajstić information content (AvgIpc) is 2.09. The molecule has 0 aliphatic rings. The maximum Gasteiger partial charge on any atom is 0.220 e. The molecule has 4 heteroatoms. The van der Waals surface area contributed by atoms with Gasteiger partial charge in [0, 0.05) is 32.5 Å². The van der Waals surface area contributed by atoms with Gasteiger partial charge in [0.15, 0.2) is 0 Å². The summed E-state index contributed by atoms with van der Waals surface area (Å²) in [5.41, 5.74) is 0. The Bertz CT molecular complexity index is 237. The Morgan fingerprint density at radius 2 is 1.75 bits per heavy atom. The molecule has 0 spiro atoms. The number of hydrogen-bond acceptors (Lipinski definition) is 2. The second-order valence-electron chi connectivity index (χ2n) is 4.75. The Kier molecular flexibility index (Phi) is 6.77. The van der Waals surface area contributed by atoms with E-state index in [1.807, 2.05) is 27.7 Å². The van der Waals surface area contributed by atoms with Gasteiger partial charge in [-0.1, -0.05) is 13.8 Å². The number of amides is 2. The van der Waals surface area contributed by atoms with Crippen LogP contribution in [-0.4, -0.2) is 35.8 Å². The highest BCUT2D eigenvalue weighted by atomic mass is 16.2. The topological polar surface area (TPSA) is 49.4 Å². The predicted octanol–water partition coefficient (Wildman–Crippen LogP) is 1.41. The number of rotatable bonds is 6. The second kappa shape index (κ2) is 7.25. The third-order valence-electron chi connectivity index (χ3n) is 2.30. The predicted molar refractivity (Wildman–Crippen MR) is 65.0 cm³/mol. The largest absolute Gasteiger partial charge is 0.354 e. The van der Waals surface area contributed by atoms with Crippen LogP contribution in [0.25, 0.3) is 0 Å². The third kappa shape index (κ3) is 6.43. The molecule has 0 saturated carbocycles. The first-order valence-electron chi connectivity index (χ1n) is 5.88. The van der Waals surface area contributed by atoms with Crippen LogP contribution in [0.5, 0.6) is 0 Å². The van der Waals surface area contributed by atoms with Crippen LogP contribution in [0, 0.1) is 5.92 Å². The van der Waals surface area contributed by atoms with Gasteiger partial charge in [0.25, 0.3) is 0 Å². The minimum absolute atomic E-state index is 0.0492. The zero-order valence-corrected chi connectivity index (χ0v) is 11.0. The molecule has 0 aromatic heterocycles. The summed E-state index contributed by atoms with van der Waals surface area (Å²) in [6, 6.07) is 0.180. The van der Waals surface area contributed by atoms with Gasteiger partial charge in [-0.2, -0.15) is 0 Å². The van der Waals surface area contributed by atoms with Gasteiger partial charge in [-0.25, -0.2) is 0 Å². The van der Waals surface area contributed by atoms with E-state index in [4.69, 9.17) is 0 Å². The Labute approximate surface area is 98.4 Å². The van der Waals surface area contributed by atoms with Gasteiger partial charge in [0.05, 0.1) is 0 Å². The van der Waals surface area contributed by atoms with Crippen LogP contribution in [0.1, 0.15) is 41.0 Å². The lowest BCUT2D eigenvalue weighted by molar-refractivity contribution is -0.131. The van der Waals surface area contributed by atoms with Crippen molar-refractivity contribution in [3.8, 4) is 0 Å². The van der Waals surface area contributed by atoms with E-state index in [0.717, 1.165) is 0 Å². The summed E-state index contributed by atoms with van der Waals surface area (Å²) in [6.07, 6.45) is 0.543. The summed E-state index contributed by atoms with van der Waals surface area (Å²) in [6.45, 7) is 10.6. The van der Waals surface area contributed by atoms with Crippen LogP contribution in [0.15, 0.2) is 0 Å². The minimum Gasteiger partial charge on any atom is -0.354 e. The van der Waals surface area contributed by atoms with Crippen LogP contribution in [0.4, 0.5) is 0 Å². The van der Waals surface area contributed by atoms with Gasteiger partial charge in [0.1, 0.15) is 0 Å². The molecule has 1 N–H and O–H groups in total. The summed E-state index contributed by atoms with van der Waals surface area (Å²) in [5, 5.41) is 2.82. The minimum atomic E-state index is 0.0492. The van der Waals surface area contributed by atoms with Crippen molar-refractivity contribution in [3.63, 3.8) is 0 Å². The van der Waals surface area contributed by atoms with Gasteiger partial charge >= 0.3 is 0 Å². The van der Waals surface area contributed by atoms with Gasteiger partial charge in [-0.15, -0.1) is 0 Å². The molecule has 0 unspecified atom stereocenters. The highest BCUT2D eigenvalue weighted by molar-refractivity contribution is 5.76. The molecule has 94 valence electrons. The maximum absolute atomic E-state index is 11.4. The molecule has 0 aliphatic carbocycles. The lowest BCUT2D eigenvalue weighted by Crippen LogP contribution is -2.41. The molecule has 0 radical (unpaired) electrons. The molecule has 0 bridgehead atoms. The molecule has 0 fully saturated rings. The maximum atomic E-state index is 11.4. The number of hydrogen-bond donors (Lipinski definition) is 1. The molecule has 4 nitrogen and oxygen atoms in total. The lowest BCUT2D eigenvalue weighted by Gasteiger charge is -2.25. The van der Waals surface area contributed by atoms with Gasteiger partial charge in [0.2, 0.25) is 11.8 Å². The average molecular weight is 228 g/mol. The summed E-state index contributed by atoms with van der Waals surface area (Å²) in [7, 11) is 0. The van der Waals surface area contributed by atoms with Crippen molar-refractivity contribution in [3.05, 3.63) is 0 Å². The molecular formula is C12H24N2O2. The lowest BCUT2D eigenvalue weighted by atomic mass is 10.1. The molecule has 0 aromatic rings. The summed E-state index contributed by atoms with van der Waals surface area (Å²) >= 11 is 0. The first-order valence-corrected chi connectivity index (χ1v) is 5.88. The zero-order chi connectivity index (χ0) is 12.7. The van der Waals surface area contributed by atoms with Crippen LogP contribution in [0.3, 0.4) is 0 Å². The van der Waals surface area contributed by atoms with Crippen molar-refractivity contribution in [2.75, 3.05) is 13.1 Å². The van der Waals surface area contributed by atoms with Crippen LogP contribution < -0.4 is 5.32 Å². The van der Waals surface area contributed by atoms with E-state index in [2.05, 4.69) is 5.32 Å². The quantitative estimate of drug-likeness (QED) is 0.747. The Morgan fingerprint density at radius 1 is 1.19 bits per heavy atom. The van der Waals surface area contributed by atoms with Crippen LogP contribution >= 0.6 is 0 Å².